The Morgan fingerprint density at radius 3 is 2.35 bits per heavy atom. The fourth-order valence-corrected chi connectivity index (χ4v) is 4.68. The van der Waals surface area contributed by atoms with Gasteiger partial charge in [0.1, 0.15) is 11.5 Å². The monoisotopic (exact) mass is 453 g/mol. The second kappa shape index (κ2) is 7.82. The van der Waals surface area contributed by atoms with Crippen molar-refractivity contribution in [3.05, 3.63) is 79.7 Å². The number of thiocarbonyl (C=S) groups is 1. The number of aryl methyl sites for hydroxylation is 4. The van der Waals surface area contributed by atoms with Crippen LogP contribution in [0.5, 0.6) is 0 Å². The third-order valence-electron chi connectivity index (χ3n) is 5.18. The van der Waals surface area contributed by atoms with Crippen LogP contribution in [0.25, 0.3) is 17.4 Å². The summed E-state index contributed by atoms with van der Waals surface area (Å²) in [5.74, 6) is 0.546. The number of rotatable bonds is 4. The van der Waals surface area contributed by atoms with E-state index in [2.05, 4.69) is 0 Å². The summed E-state index contributed by atoms with van der Waals surface area (Å²) in [4.78, 5) is 24.5. The Morgan fingerprint density at radius 2 is 1.71 bits per heavy atom. The van der Waals surface area contributed by atoms with Crippen molar-refractivity contribution < 1.29 is 14.1 Å². The summed E-state index contributed by atoms with van der Waals surface area (Å²) in [5.41, 5.74) is 3.95. The van der Waals surface area contributed by atoms with Crippen LogP contribution in [0, 0.1) is 37.8 Å². The fourth-order valence-electron chi connectivity index (χ4n) is 3.46. The van der Waals surface area contributed by atoms with Gasteiger partial charge in [-0.2, -0.15) is 5.01 Å². The van der Waals surface area contributed by atoms with Gasteiger partial charge in [-0.05, 0) is 81.4 Å². The fraction of sp³-hybridized carbons (Fsp3) is 0.182. The summed E-state index contributed by atoms with van der Waals surface area (Å²) in [6, 6.07) is 10.5. The Labute approximate surface area is 188 Å². The quantitative estimate of drug-likeness (QED) is 0.227. The molecule has 0 bridgehead atoms. The van der Waals surface area contributed by atoms with E-state index in [0.29, 0.717) is 26.3 Å². The first-order valence-corrected chi connectivity index (χ1v) is 10.7. The minimum absolute atomic E-state index is 0.0196. The molecular weight excluding hydrogens is 434 g/mol. The van der Waals surface area contributed by atoms with Crippen LogP contribution in [0.1, 0.15) is 28.3 Å². The summed E-state index contributed by atoms with van der Waals surface area (Å²) < 4.78 is 8.07. The van der Waals surface area contributed by atoms with Crippen molar-refractivity contribution in [2.45, 2.75) is 27.7 Å². The van der Waals surface area contributed by atoms with Crippen LogP contribution in [0.15, 0.2) is 45.7 Å². The number of nitro benzene ring substituents is 1. The number of thioether (sulfide) groups is 1. The van der Waals surface area contributed by atoms with E-state index in [1.807, 2.05) is 39.8 Å². The van der Waals surface area contributed by atoms with Crippen molar-refractivity contribution in [3.8, 4) is 11.3 Å². The lowest BCUT2D eigenvalue weighted by Crippen LogP contribution is -2.39. The van der Waals surface area contributed by atoms with E-state index >= 15 is 0 Å². The number of nitrogens with zero attached hydrogens (tertiary/aromatic N) is 3. The molecule has 1 fully saturated rings. The molecule has 0 saturated carbocycles. The van der Waals surface area contributed by atoms with Gasteiger partial charge in [0.15, 0.2) is 4.32 Å². The SMILES string of the molecule is Cc1cc(-c2ccc(C=C3SC(=S)N(n4c(C)ccc4C)C3=O)o2)c([N+](=O)[O-])cc1C. The highest BCUT2D eigenvalue weighted by molar-refractivity contribution is 8.27. The molecule has 0 unspecified atom stereocenters. The highest BCUT2D eigenvalue weighted by atomic mass is 32.2. The average Bonchev–Trinajstić information content (AvgIpc) is 3.37. The number of aromatic nitrogens is 1. The van der Waals surface area contributed by atoms with Crippen LogP contribution in [0.4, 0.5) is 5.69 Å². The molecular formula is C22H19N3O4S2. The number of hydrogen-bond acceptors (Lipinski definition) is 6. The number of hydrogen-bond donors (Lipinski definition) is 0. The Kier molecular flexibility index (Phi) is 5.32. The number of benzene rings is 1. The second-order valence-corrected chi connectivity index (χ2v) is 9.01. The van der Waals surface area contributed by atoms with E-state index in [9.17, 15) is 14.9 Å². The number of furan rings is 1. The van der Waals surface area contributed by atoms with Crippen LogP contribution in [0.2, 0.25) is 0 Å². The molecule has 0 N–H and O–H groups in total. The van der Waals surface area contributed by atoms with Crippen LogP contribution in [-0.2, 0) is 4.79 Å². The third kappa shape index (κ3) is 3.70. The predicted molar refractivity (Wildman–Crippen MR) is 126 cm³/mol. The molecule has 2 aromatic heterocycles. The first-order chi connectivity index (χ1) is 14.7. The molecule has 3 aromatic rings. The van der Waals surface area contributed by atoms with Gasteiger partial charge in [-0.3, -0.25) is 19.6 Å². The van der Waals surface area contributed by atoms with Crippen molar-refractivity contribution in [1.29, 1.82) is 0 Å². The van der Waals surface area contributed by atoms with Crippen molar-refractivity contribution in [2.24, 2.45) is 0 Å². The summed E-state index contributed by atoms with van der Waals surface area (Å²) in [6.07, 6.45) is 1.61. The van der Waals surface area contributed by atoms with E-state index in [4.69, 9.17) is 16.6 Å². The molecule has 0 spiro atoms. The minimum Gasteiger partial charge on any atom is -0.456 e. The highest BCUT2D eigenvalue weighted by Gasteiger charge is 2.35. The van der Waals surface area contributed by atoms with Crippen LogP contribution >= 0.6 is 24.0 Å². The molecule has 1 aliphatic rings. The molecule has 0 radical (unpaired) electrons. The van der Waals surface area contributed by atoms with E-state index < -0.39 is 4.92 Å². The lowest BCUT2D eigenvalue weighted by atomic mass is 10.0. The molecule has 158 valence electrons. The standard InChI is InChI=1S/C22H19N3O4S2/c1-12-9-17(18(25(27)28)10-13(12)2)19-8-7-16(29-19)11-20-21(26)24(22(30)31-20)23-14(3)5-6-15(23)4/h5-11H,1-4H3. The Bertz CT molecular complexity index is 1270. The highest BCUT2D eigenvalue weighted by Crippen LogP contribution is 2.36. The number of amides is 1. The van der Waals surface area contributed by atoms with Crippen LogP contribution < -0.4 is 5.01 Å². The van der Waals surface area contributed by atoms with Gasteiger partial charge in [-0.25, -0.2) is 0 Å². The zero-order chi connectivity index (χ0) is 22.4. The minimum atomic E-state index is -0.420. The van der Waals surface area contributed by atoms with Gasteiger partial charge in [0.05, 0.1) is 15.4 Å². The molecule has 3 heterocycles. The number of carbonyl (C=O) groups is 1. The zero-order valence-corrected chi connectivity index (χ0v) is 19.0. The summed E-state index contributed by atoms with van der Waals surface area (Å²) in [7, 11) is 0. The Morgan fingerprint density at radius 1 is 1.06 bits per heavy atom. The van der Waals surface area contributed by atoms with E-state index in [1.165, 1.54) is 16.8 Å². The van der Waals surface area contributed by atoms with Crippen LogP contribution in [-0.4, -0.2) is 19.8 Å². The molecule has 1 aliphatic heterocycles. The lowest BCUT2D eigenvalue weighted by molar-refractivity contribution is -0.384. The Balaban J connectivity index is 1.69. The Hall–Kier alpha value is -3.17. The number of carbonyl (C=O) groups excluding carboxylic acids is 1. The van der Waals surface area contributed by atoms with E-state index in [1.54, 1.807) is 35.0 Å². The van der Waals surface area contributed by atoms with Crippen LogP contribution in [0.3, 0.4) is 0 Å². The molecule has 7 nitrogen and oxygen atoms in total. The largest absolute Gasteiger partial charge is 0.456 e. The maximum Gasteiger partial charge on any atom is 0.285 e. The average molecular weight is 454 g/mol. The van der Waals surface area contributed by atoms with E-state index in [0.717, 1.165) is 22.5 Å². The molecule has 1 aromatic carbocycles. The second-order valence-electron chi connectivity index (χ2n) is 7.33. The zero-order valence-electron chi connectivity index (χ0n) is 17.3. The van der Waals surface area contributed by atoms with Gasteiger partial charge in [-0.15, -0.1) is 0 Å². The third-order valence-corrected chi connectivity index (χ3v) is 6.46. The van der Waals surface area contributed by atoms with Crippen molar-refractivity contribution in [3.63, 3.8) is 0 Å². The molecule has 4 rings (SSSR count). The lowest BCUT2D eigenvalue weighted by Gasteiger charge is -2.20. The van der Waals surface area contributed by atoms with Gasteiger partial charge in [-0.1, -0.05) is 11.8 Å². The maximum atomic E-state index is 13.0. The normalized spacial score (nSPS) is 15.4. The molecule has 1 saturated heterocycles. The smallest absolute Gasteiger partial charge is 0.285 e. The molecule has 1 amide bonds. The predicted octanol–water partition coefficient (Wildman–Crippen LogP) is 5.43. The van der Waals surface area contributed by atoms with Crippen molar-refractivity contribution >= 4 is 46.0 Å². The summed E-state index contributed by atoms with van der Waals surface area (Å²) in [5, 5.41) is 13.0. The van der Waals surface area contributed by atoms with Gasteiger partial charge in [0, 0.05) is 23.5 Å². The first kappa shape index (κ1) is 21.1. The summed E-state index contributed by atoms with van der Waals surface area (Å²) in [6.45, 7) is 7.54. The maximum absolute atomic E-state index is 13.0. The van der Waals surface area contributed by atoms with Crippen molar-refractivity contribution in [2.75, 3.05) is 5.01 Å². The molecule has 0 aliphatic carbocycles. The van der Waals surface area contributed by atoms with E-state index in [-0.39, 0.29) is 11.6 Å². The molecule has 0 atom stereocenters. The summed E-state index contributed by atoms with van der Waals surface area (Å²) >= 11 is 6.62. The van der Waals surface area contributed by atoms with Gasteiger partial charge in [0.25, 0.3) is 11.6 Å². The van der Waals surface area contributed by atoms with Crippen molar-refractivity contribution in [1.82, 2.24) is 4.68 Å². The van der Waals surface area contributed by atoms with Gasteiger partial charge in [0.2, 0.25) is 0 Å². The number of nitro groups is 1. The van der Waals surface area contributed by atoms with Gasteiger partial charge < -0.3 is 4.42 Å². The molecule has 9 heteroatoms. The first-order valence-electron chi connectivity index (χ1n) is 9.46. The topological polar surface area (TPSA) is 81.5 Å². The van der Waals surface area contributed by atoms with Gasteiger partial charge >= 0.3 is 0 Å². The molecule has 31 heavy (non-hydrogen) atoms.